The van der Waals surface area contributed by atoms with Crippen molar-refractivity contribution in [2.24, 2.45) is 9.98 Å². The van der Waals surface area contributed by atoms with Gasteiger partial charge in [0.15, 0.2) is 0 Å². The molecule has 2 N–H and O–H groups in total. The number of rotatable bonds is 8. The predicted molar refractivity (Wildman–Crippen MR) is 177 cm³/mol. The summed E-state index contributed by atoms with van der Waals surface area (Å²) in [7, 11) is 1.67. The van der Waals surface area contributed by atoms with Gasteiger partial charge in [-0.2, -0.15) is 5.10 Å². The highest BCUT2D eigenvalue weighted by Crippen LogP contribution is 2.34. The lowest BCUT2D eigenvalue weighted by Crippen LogP contribution is -2.41. The van der Waals surface area contributed by atoms with Crippen LogP contribution in [0.5, 0.6) is 5.75 Å². The van der Waals surface area contributed by atoms with E-state index in [0.717, 1.165) is 39.1 Å². The maximum atomic E-state index is 13.4. The molecule has 1 atom stereocenters. The summed E-state index contributed by atoms with van der Waals surface area (Å²) in [6, 6.07) is 21.2. The van der Waals surface area contributed by atoms with Gasteiger partial charge in [-0.1, -0.05) is 68.8 Å². The first-order chi connectivity index (χ1) is 21.2. The molecule has 0 saturated heterocycles. The molecule has 2 aliphatic rings. The first kappa shape index (κ1) is 29.1. The van der Waals surface area contributed by atoms with Crippen LogP contribution in [0.3, 0.4) is 0 Å². The Morgan fingerprint density at radius 3 is 2.52 bits per heavy atom. The molecule has 3 aromatic carbocycles. The SMILES string of the molecule is COC1(CCOc2ccc(NC(=O)Nc3cc(C(C)(C)C)nn3-c3ccc(C)cc3)c3ccccc23)C=CC=C2N=CN=C21. The van der Waals surface area contributed by atoms with Crippen molar-refractivity contribution in [1.82, 2.24) is 9.78 Å². The standard InChI is InChI=1S/C35H36N6O3/c1-23-12-14-24(15-13-23)41-31(21-30(40-41)34(2,3)4)39-33(42)38-27-16-17-29(26-10-7-6-9-25(26)27)44-20-19-35(43-5)18-8-11-28-32(35)37-22-36-28/h6-18,21-22H,19-20H2,1-5H3,(H2,38,39,42). The maximum Gasteiger partial charge on any atom is 0.324 e. The average molecular weight is 589 g/mol. The number of aromatic nitrogens is 2. The molecule has 4 aromatic rings. The normalized spacial score (nSPS) is 17.3. The number of allylic oxidation sites excluding steroid dienone is 2. The number of ether oxygens (including phenoxy) is 2. The molecular formula is C35H36N6O3. The summed E-state index contributed by atoms with van der Waals surface area (Å²) >= 11 is 0. The number of carbonyl (C=O) groups is 1. The summed E-state index contributed by atoms with van der Waals surface area (Å²) in [5, 5.41) is 12.6. The van der Waals surface area contributed by atoms with Crippen molar-refractivity contribution >= 4 is 40.4 Å². The topological polar surface area (TPSA) is 102 Å². The summed E-state index contributed by atoms with van der Waals surface area (Å²) in [4.78, 5) is 22.1. The first-order valence-electron chi connectivity index (χ1n) is 14.6. The van der Waals surface area contributed by atoms with Crippen LogP contribution in [0, 0.1) is 6.92 Å². The van der Waals surface area contributed by atoms with Gasteiger partial charge in [0.05, 0.1) is 29.4 Å². The number of aryl methyl sites for hydroxylation is 1. The number of fused-ring (bicyclic) bond motifs is 2. The van der Waals surface area contributed by atoms with Crippen molar-refractivity contribution in [1.29, 1.82) is 0 Å². The Labute approximate surface area is 257 Å². The summed E-state index contributed by atoms with van der Waals surface area (Å²) in [5.74, 6) is 1.30. The molecule has 9 heteroatoms. The third-order valence-corrected chi connectivity index (χ3v) is 7.87. The summed E-state index contributed by atoms with van der Waals surface area (Å²) in [6.07, 6.45) is 7.97. The largest absolute Gasteiger partial charge is 0.493 e. The van der Waals surface area contributed by atoms with Crippen molar-refractivity contribution in [3.05, 3.63) is 102 Å². The van der Waals surface area contributed by atoms with Crippen LogP contribution >= 0.6 is 0 Å². The molecule has 0 bridgehead atoms. The number of nitrogens with zero attached hydrogens (tertiary/aromatic N) is 4. The molecule has 6 rings (SSSR count). The highest BCUT2D eigenvalue weighted by Gasteiger charge is 2.38. The van der Waals surface area contributed by atoms with E-state index in [-0.39, 0.29) is 11.4 Å². The Balaban J connectivity index is 1.20. The fraction of sp³-hybridized carbons (Fsp3) is 0.257. The Bertz CT molecular complexity index is 1840. The zero-order chi connectivity index (χ0) is 30.9. The molecule has 0 spiro atoms. The molecule has 0 fully saturated rings. The van der Waals surface area contributed by atoms with E-state index in [0.29, 0.717) is 30.3 Å². The smallest absolute Gasteiger partial charge is 0.324 e. The predicted octanol–water partition coefficient (Wildman–Crippen LogP) is 7.37. The van der Waals surface area contributed by atoms with Crippen LogP contribution in [0.15, 0.2) is 101 Å². The average Bonchev–Trinajstić information content (AvgIpc) is 3.67. The Kier molecular flexibility index (Phi) is 7.65. The van der Waals surface area contributed by atoms with E-state index in [1.54, 1.807) is 18.1 Å². The van der Waals surface area contributed by atoms with Crippen LogP contribution in [-0.4, -0.2) is 47.2 Å². The zero-order valence-corrected chi connectivity index (χ0v) is 25.6. The number of carbonyl (C=O) groups excluding carboxylic acids is 1. The third-order valence-electron chi connectivity index (χ3n) is 7.87. The lowest BCUT2D eigenvalue weighted by atomic mass is 9.88. The van der Waals surface area contributed by atoms with Gasteiger partial charge in [-0.15, -0.1) is 0 Å². The molecule has 1 unspecified atom stereocenters. The highest BCUT2D eigenvalue weighted by atomic mass is 16.5. The minimum atomic E-state index is -0.700. The Morgan fingerprint density at radius 2 is 1.77 bits per heavy atom. The molecule has 44 heavy (non-hydrogen) atoms. The maximum absolute atomic E-state index is 13.4. The number of urea groups is 1. The van der Waals surface area contributed by atoms with Gasteiger partial charge in [-0.25, -0.2) is 19.5 Å². The van der Waals surface area contributed by atoms with E-state index in [2.05, 4.69) is 41.4 Å². The highest BCUT2D eigenvalue weighted by molar-refractivity contribution is 6.14. The van der Waals surface area contributed by atoms with Crippen LogP contribution < -0.4 is 15.4 Å². The van der Waals surface area contributed by atoms with E-state index in [1.165, 1.54) is 0 Å². The number of amides is 2. The molecule has 2 amide bonds. The Hall–Kier alpha value is -5.02. The van der Waals surface area contributed by atoms with E-state index in [4.69, 9.17) is 14.6 Å². The monoisotopic (exact) mass is 588 g/mol. The molecule has 1 aliphatic heterocycles. The second-order valence-electron chi connectivity index (χ2n) is 12.0. The third kappa shape index (κ3) is 5.66. The minimum absolute atomic E-state index is 0.192. The zero-order valence-electron chi connectivity index (χ0n) is 25.6. The van der Waals surface area contributed by atoms with Gasteiger partial charge in [0, 0.05) is 35.8 Å². The van der Waals surface area contributed by atoms with Gasteiger partial charge in [0.25, 0.3) is 0 Å². The van der Waals surface area contributed by atoms with E-state index >= 15 is 0 Å². The van der Waals surface area contributed by atoms with Gasteiger partial charge >= 0.3 is 6.03 Å². The summed E-state index contributed by atoms with van der Waals surface area (Å²) in [6.45, 7) is 8.72. The van der Waals surface area contributed by atoms with Crippen molar-refractivity contribution < 1.29 is 14.3 Å². The van der Waals surface area contributed by atoms with Gasteiger partial charge in [0.1, 0.15) is 29.2 Å². The number of anilines is 2. The van der Waals surface area contributed by atoms with Gasteiger partial charge in [-0.05, 0) is 43.3 Å². The lowest BCUT2D eigenvalue weighted by molar-refractivity contribution is 0.0701. The molecule has 1 aromatic heterocycles. The van der Waals surface area contributed by atoms with E-state index in [1.807, 2.05) is 91.9 Å². The fourth-order valence-electron chi connectivity index (χ4n) is 5.37. The molecule has 1 aliphatic carbocycles. The second-order valence-corrected chi connectivity index (χ2v) is 12.0. The number of hydrogen-bond donors (Lipinski definition) is 2. The quantitative estimate of drug-likeness (QED) is 0.224. The molecule has 2 heterocycles. The van der Waals surface area contributed by atoms with Crippen LogP contribution in [0.1, 0.15) is 38.4 Å². The number of aliphatic imine (C=N–C) groups is 2. The van der Waals surface area contributed by atoms with E-state index < -0.39 is 5.60 Å². The number of nitrogens with one attached hydrogen (secondary N) is 2. The molecule has 224 valence electrons. The molecular weight excluding hydrogens is 552 g/mol. The molecule has 9 nitrogen and oxygen atoms in total. The van der Waals surface area contributed by atoms with Gasteiger partial charge in [-0.3, -0.25) is 5.32 Å². The van der Waals surface area contributed by atoms with Crippen molar-refractivity contribution in [3.63, 3.8) is 0 Å². The minimum Gasteiger partial charge on any atom is -0.493 e. The van der Waals surface area contributed by atoms with Crippen LogP contribution in [0.25, 0.3) is 16.5 Å². The first-order valence-corrected chi connectivity index (χ1v) is 14.6. The number of hydrogen-bond acceptors (Lipinski definition) is 6. The van der Waals surface area contributed by atoms with Crippen LogP contribution in [0.4, 0.5) is 16.3 Å². The summed E-state index contributed by atoms with van der Waals surface area (Å²) < 4.78 is 14.0. The van der Waals surface area contributed by atoms with Crippen molar-refractivity contribution in [2.75, 3.05) is 24.4 Å². The number of benzene rings is 3. The molecule has 0 radical (unpaired) electrons. The van der Waals surface area contributed by atoms with Gasteiger partial charge < -0.3 is 14.8 Å². The van der Waals surface area contributed by atoms with Crippen LogP contribution in [-0.2, 0) is 10.2 Å². The van der Waals surface area contributed by atoms with Gasteiger partial charge in [0.2, 0.25) is 0 Å². The number of methoxy groups -OCH3 is 1. The van der Waals surface area contributed by atoms with Crippen molar-refractivity contribution in [3.8, 4) is 11.4 Å². The Morgan fingerprint density at radius 1 is 1.00 bits per heavy atom. The van der Waals surface area contributed by atoms with Crippen LogP contribution in [0.2, 0.25) is 0 Å². The fourth-order valence-corrected chi connectivity index (χ4v) is 5.37. The summed E-state index contributed by atoms with van der Waals surface area (Å²) in [5.41, 5.74) is 4.27. The second kappa shape index (κ2) is 11.6. The van der Waals surface area contributed by atoms with E-state index in [9.17, 15) is 4.79 Å². The molecule has 0 saturated carbocycles. The lowest BCUT2D eigenvalue weighted by Gasteiger charge is -2.31. The van der Waals surface area contributed by atoms with Crippen molar-refractivity contribution in [2.45, 2.75) is 45.1 Å².